The van der Waals surface area contributed by atoms with Crippen molar-refractivity contribution in [1.29, 1.82) is 0 Å². The van der Waals surface area contributed by atoms with Crippen LogP contribution in [0.2, 0.25) is 0 Å². The van der Waals surface area contributed by atoms with E-state index in [4.69, 9.17) is 9.57 Å². The van der Waals surface area contributed by atoms with E-state index in [-0.39, 0.29) is 36.3 Å². The Morgan fingerprint density at radius 3 is 2.23 bits per heavy atom. The number of hydroxylamine groups is 1. The van der Waals surface area contributed by atoms with E-state index in [1.54, 1.807) is 0 Å². The molecule has 2 aromatic rings. The van der Waals surface area contributed by atoms with Gasteiger partial charge in [0.2, 0.25) is 5.91 Å². The average molecular weight is 479 g/mol. The van der Waals surface area contributed by atoms with E-state index in [1.165, 1.54) is 11.1 Å². The van der Waals surface area contributed by atoms with Crippen LogP contribution in [0, 0.1) is 11.8 Å². The lowest BCUT2D eigenvalue weighted by Gasteiger charge is -2.29. The summed E-state index contributed by atoms with van der Waals surface area (Å²) in [5.41, 5.74) is 7.00. The van der Waals surface area contributed by atoms with Crippen LogP contribution in [-0.4, -0.2) is 41.8 Å². The van der Waals surface area contributed by atoms with Gasteiger partial charge >= 0.3 is 12.1 Å². The molecule has 0 spiro atoms. The maximum atomic E-state index is 12.6. The second-order valence-corrected chi connectivity index (χ2v) is 9.71. The van der Waals surface area contributed by atoms with Gasteiger partial charge in [0.1, 0.15) is 6.61 Å². The Kier molecular flexibility index (Phi) is 6.72. The smallest absolute Gasteiger partial charge is 0.407 e. The monoisotopic (exact) mass is 478 g/mol. The summed E-state index contributed by atoms with van der Waals surface area (Å²) < 4.78 is 5.64. The van der Waals surface area contributed by atoms with Crippen molar-refractivity contribution < 1.29 is 29.1 Å². The quantitative estimate of drug-likeness (QED) is 0.494. The third-order valence-corrected chi connectivity index (χ3v) is 7.29. The Bertz CT molecular complexity index is 1070. The molecule has 8 heteroatoms. The summed E-state index contributed by atoms with van der Waals surface area (Å²) in [6.45, 7) is 0.238. The van der Waals surface area contributed by atoms with Gasteiger partial charge < -0.3 is 15.2 Å². The number of amides is 2. The Balaban J connectivity index is 1.12. The molecule has 3 atom stereocenters. The minimum absolute atomic E-state index is 0.0103. The van der Waals surface area contributed by atoms with E-state index in [9.17, 15) is 19.5 Å². The second kappa shape index (κ2) is 10.1. The van der Waals surface area contributed by atoms with Crippen molar-refractivity contribution in [3.8, 4) is 11.1 Å². The molecule has 2 saturated carbocycles. The normalized spacial score (nSPS) is 21.9. The molecular formula is C27H30N2O6. The molecule has 3 aliphatic rings. The van der Waals surface area contributed by atoms with Crippen LogP contribution in [0.25, 0.3) is 11.1 Å². The van der Waals surface area contributed by atoms with Gasteiger partial charge in [-0.15, -0.1) is 0 Å². The average Bonchev–Trinajstić information content (AvgIpc) is 3.65. The standard InChI is InChI=1S/C27H30N2O6/c30-25(29-35-24(26(31)32)16-12-13-16)17-6-5-7-18(14-17)28-27(33)34-15-23-21-10-3-1-8-19(21)20-9-2-4-11-22(20)23/h1-4,8-11,16-18,23-24H,5-7,12-15H2,(H,28,33)(H,29,30)(H,31,32). The number of aliphatic carboxylic acids is 1. The van der Waals surface area contributed by atoms with Gasteiger partial charge in [-0.3, -0.25) is 9.63 Å². The van der Waals surface area contributed by atoms with Gasteiger partial charge in [0.05, 0.1) is 0 Å². The van der Waals surface area contributed by atoms with E-state index >= 15 is 0 Å². The van der Waals surface area contributed by atoms with Gasteiger partial charge in [0.25, 0.3) is 0 Å². The van der Waals surface area contributed by atoms with Gasteiger partial charge in [-0.1, -0.05) is 55.0 Å². The van der Waals surface area contributed by atoms with Crippen LogP contribution in [0.3, 0.4) is 0 Å². The van der Waals surface area contributed by atoms with E-state index in [0.717, 1.165) is 36.8 Å². The summed E-state index contributed by atoms with van der Waals surface area (Å²) in [7, 11) is 0. The Labute approximate surface area is 204 Å². The zero-order valence-electron chi connectivity index (χ0n) is 19.4. The molecule has 2 fully saturated rings. The number of fused-ring (bicyclic) bond motifs is 3. The lowest BCUT2D eigenvalue weighted by atomic mass is 9.85. The highest BCUT2D eigenvalue weighted by Gasteiger charge is 2.39. The molecule has 8 nitrogen and oxygen atoms in total. The first-order chi connectivity index (χ1) is 17.0. The Hall–Kier alpha value is -3.39. The number of carbonyl (C=O) groups is 3. The van der Waals surface area contributed by atoms with E-state index in [0.29, 0.717) is 12.8 Å². The number of rotatable bonds is 8. The topological polar surface area (TPSA) is 114 Å². The predicted molar refractivity (Wildman–Crippen MR) is 127 cm³/mol. The number of carbonyl (C=O) groups excluding carboxylic acids is 2. The first kappa shape index (κ1) is 23.4. The molecule has 0 aromatic heterocycles. The maximum Gasteiger partial charge on any atom is 0.407 e. The minimum Gasteiger partial charge on any atom is -0.479 e. The van der Waals surface area contributed by atoms with E-state index < -0.39 is 18.2 Å². The highest BCUT2D eigenvalue weighted by molar-refractivity contribution is 5.80. The van der Waals surface area contributed by atoms with E-state index in [2.05, 4.69) is 35.1 Å². The van der Waals surface area contributed by atoms with Gasteiger partial charge in [-0.25, -0.2) is 15.1 Å². The van der Waals surface area contributed by atoms with Crippen LogP contribution in [-0.2, 0) is 19.2 Å². The summed E-state index contributed by atoms with van der Waals surface area (Å²) in [4.78, 5) is 41.7. The molecule has 3 N–H and O–H groups in total. The fraction of sp³-hybridized carbons (Fsp3) is 0.444. The number of carboxylic acid groups (broad SMARTS) is 1. The highest BCUT2D eigenvalue weighted by atomic mass is 16.7. The van der Waals surface area contributed by atoms with Crippen molar-refractivity contribution in [2.24, 2.45) is 11.8 Å². The van der Waals surface area contributed by atoms with Crippen LogP contribution in [0.1, 0.15) is 55.6 Å². The van der Waals surface area contributed by atoms with Crippen LogP contribution < -0.4 is 10.8 Å². The van der Waals surface area contributed by atoms with Crippen LogP contribution in [0.5, 0.6) is 0 Å². The zero-order chi connectivity index (χ0) is 24.4. The van der Waals surface area contributed by atoms with Crippen LogP contribution >= 0.6 is 0 Å². The molecule has 0 radical (unpaired) electrons. The van der Waals surface area contributed by atoms with Crippen molar-refractivity contribution in [3.05, 3.63) is 59.7 Å². The molecule has 0 heterocycles. The number of ether oxygens (including phenoxy) is 1. The van der Waals surface area contributed by atoms with Crippen LogP contribution in [0.15, 0.2) is 48.5 Å². The molecule has 0 aliphatic heterocycles. The summed E-state index contributed by atoms with van der Waals surface area (Å²) >= 11 is 0. The summed E-state index contributed by atoms with van der Waals surface area (Å²) in [6.07, 6.45) is 2.75. The van der Waals surface area contributed by atoms with Gasteiger partial charge in [0, 0.05) is 17.9 Å². The molecule has 184 valence electrons. The predicted octanol–water partition coefficient (Wildman–Crippen LogP) is 3.99. The molecule has 3 unspecified atom stereocenters. The lowest BCUT2D eigenvalue weighted by Crippen LogP contribution is -2.44. The molecule has 5 rings (SSSR count). The SMILES string of the molecule is O=C(NC1CCCC(C(=O)NOC(C(=O)O)C2CC2)C1)OCC1c2ccccc2-c2ccccc21. The number of nitrogens with one attached hydrogen (secondary N) is 2. The number of hydrogen-bond acceptors (Lipinski definition) is 5. The third-order valence-electron chi connectivity index (χ3n) is 7.29. The molecule has 2 amide bonds. The third kappa shape index (κ3) is 5.17. The lowest BCUT2D eigenvalue weighted by molar-refractivity contribution is -0.164. The second-order valence-electron chi connectivity index (χ2n) is 9.71. The van der Waals surface area contributed by atoms with Crippen molar-refractivity contribution in [1.82, 2.24) is 10.8 Å². The molecule has 3 aliphatic carbocycles. The van der Waals surface area contributed by atoms with Crippen LogP contribution in [0.4, 0.5) is 4.79 Å². The van der Waals surface area contributed by atoms with Gasteiger partial charge in [-0.2, -0.15) is 0 Å². The molecule has 0 bridgehead atoms. The highest BCUT2D eigenvalue weighted by Crippen LogP contribution is 2.44. The summed E-state index contributed by atoms with van der Waals surface area (Å²) in [5, 5.41) is 12.2. The number of carboxylic acids is 1. The fourth-order valence-corrected chi connectivity index (χ4v) is 5.32. The number of alkyl carbamates (subject to hydrolysis) is 1. The van der Waals surface area contributed by atoms with Crippen molar-refractivity contribution in [3.63, 3.8) is 0 Å². The number of benzene rings is 2. The maximum absolute atomic E-state index is 12.6. The molecular weight excluding hydrogens is 448 g/mol. The number of hydrogen-bond donors (Lipinski definition) is 3. The summed E-state index contributed by atoms with van der Waals surface area (Å²) in [6, 6.07) is 16.2. The fourth-order valence-electron chi connectivity index (χ4n) is 5.32. The first-order valence-electron chi connectivity index (χ1n) is 12.3. The van der Waals surface area contributed by atoms with Crippen molar-refractivity contribution in [2.45, 2.75) is 56.6 Å². The van der Waals surface area contributed by atoms with Gasteiger partial charge in [0.15, 0.2) is 6.10 Å². The minimum atomic E-state index is -1.06. The first-order valence-corrected chi connectivity index (χ1v) is 12.3. The molecule has 0 saturated heterocycles. The van der Waals surface area contributed by atoms with Crippen molar-refractivity contribution in [2.75, 3.05) is 6.61 Å². The van der Waals surface area contributed by atoms with E-state index in [1.807, 2.05) is 24.3 Å². The summed E-state index contributed by atoms with van der Waals surface area (Å²) in [5.74, 6) is -1.80. The zero-order valence-corrected chi connectivity index (χ0v) is 19.4. The van der Waals surface area contributed by atoms with Gasteiger partial charge in [-0.05, 0) is 60.3 Å². The largest absolute Gasteiger partial charge is 0.479 e. The molecule has 35 heavy (non-hydrogen) atoms. The Morgan fingerprint density at radius 2 is 1.60 bits per heavy atom. The van der Waals surface area contributed by atoms with Crippen molar-refractivity contribution >= 4 is 18.0 Å². The Morgan fingerprint density at radius 1 is 0.943 bits per heavy atom. The molecule has 2 aromatic carbocycles.